The Morgan fingerprint density at radius 1 is 1.19 bits per heavy atom. The average molecular weight is 459 g/mol. The molecule has 1 saturated heterocycles. The zero-order valence-corrected chi connectivity index (χ0v) is 18.2. The molecule has 1 unspecified atom stereocenters. The lowest BCUT2D eigenvalue weighted by atomic mass is 10.0. The van der Waals surface area contributed by atoms with Crippen molar-refractivity contribution in [3.8, 4) is 11.4 Å². The van der Waals surface area contributed by atoms with Crippen molar-refractivity contribution in [2.75, 3.05) is 32.8 Å². The van der Waals surface area contributed by atoms with Gasteiger partial charge in [-0.15, -0.1) is 0 Å². The number of halogens is 2. The van der Waals surface area contributed by atoms with Gasteiger partial charge in [-0.25, -0.2) is 4.39 Å². The van der Waals surface area contributed by atoms with Crippen LogP contribution >= 0.6 is 11.6 Å². The maximum Gasteiger partial charge on any atom is 0.227 e. The van der Waals surface area contributed by atoms with Crippen LogP contribution in [0.1, 0.15) is 23.9 Å². The van der Waals surface area contributed by atoms with Gasteiger partial charge in [0.2, 0.25) is 17.6 Å². The second-order valence-electron chi connectivity index (χ2n) is 7.54. The van der Waals surface area contributed by atoms with Crippen LogP contribution in [0.5, 0.6) is 0 Å². The Balaban J connectivity index is 1.33. The molecule has 4 rings (SSSR count). The minimum atomic E-state index is -0.292. The first-order valence-corrected chi connectivity index (χ1v) is 10.9. The maximum absolute atomic E-state index is 13.8. The quantitative estimate of drug-likeness (QED) is 0.555. The van der Waals surface area contributed by atoms with Crippen LogP contribution in [-0.4, -0.2) is 53.8 Å². The second kappa shape index (κ2) is 10.7. The molecule has 0 bridgehead atoms. The Labute approximate surface area is 190 Å². The highest BCUT2D eigenvalue weighted by molar-refractivity contribution is 6.30. The van der Waals surface area contributed by atoms with E-state index in [1.807, 2.05) is 18.2 Å². The molecule has 3 aromatic rings. The number of aryl methyl sites for hydroxylation is 1. The number of carbonyl (C=O) groups excluding carboxylic acids is 1. The van der Waals surface area contributed by atoms with Gasteiger partial charge in [0.15, 0.2) is 0 Å². The molecule has 0 saturated carbocycles. The first-order chi connectivity index (χ1) is 15.6. The molecule has 0 radical (unpaired) electrons. The zero-order valence-electron chi connectivity index (χ0n) is 17.5. The van der Waals surface area contributed by atoms with E-state index in [0.717, 1.165) is 24.2 Å². The molecular formula is C23H24ClFN4O3. The third-order valence-electron chi connectivity index (χ3n) is 5.35. The molecule has 168 valence electrons. The van der Waals surface area contributed by atoms with Gasteiger partial charge in [0.05, 0.1) is 19.3 Å². The van der Waals surface area contributed by atoms with Gasteiger partial charge in [-0.3, -0.25) is 9.69 Å². The predicted octanol–water partition coefficient (Wildman–Crippen LogP) is 3.65. The normalized spacial score (nSPS) is 15.4. The fraction of sp³-hybridized carbons (Fsp3) is 0.348. The summed E-state index contributed by atoms with van der Waals surface area (Å²) in [5, 5.41) is 7.55. The summed E-state index contributed by atoms with van der Waals surface area (Å²) in [5.74, 6) is 0.418. The number of nitrogens with one attached hydrogen (secondary N) is 1. The zero-order chi connectivity index (χ0) is 22.3. The van der Waals surface area contributed by atoms with E-state index in [0.29, 0.717) is 42.9 Å². The summed E-state index contributed by atoms with van der Waals surface area (Å²) in [6.07, 6.45) is 0.538. The van der Waals surface area contributed by atoms with Gasteiger partial charge < -0.3 is 14.6 Å². The average Bonchev–Trinajstić information content (AvgIpc) is 3.28. The van der Waals surface area contributed by atoms with E-state index in [1.165, 1.54) is 12.1 Å². The molecule has 9 heteroatoms. The van der Waals surface area contributed by atoms with Crippen LogP contribution in [0.3, 0.4) is 0 Å². The highest BCUT2D eigenvalue weighted by Gasteiger charge is 2.23. The molecule has 1 aliphatic rings. The lowest BCUT2D eigenvalue weighted by Gasteiger charge is -2.35. The van der Waals surface area contributed by atoms with Crippen molar-refractivity contribution in [2.24, 2.45) is 0 Å². The Bertz CT molecular complexity index is 1040. The second-order valence-corrected chi connectivity index (χ2v) is 7.98. The molecule has 1 fully saturated rings. The standard InChI is InChI=1S/C23H24ClFN4O3/c24-18-6-4-16(5-7-18)23-27-22(32-28-23)9-8-21(30)26-15-20(29-10-12-31-13-11-29)17-2-1-3-19(25)14-17/h1-7,14,20H,8-13,15H2,(H,26,30). The van der Waals surface area contributed by atoms with Crippen molar-refractivity contribution in [3.63, 3.8) is 0 Å². The van der Waals surface area contributed by atoms with Gasteiger partial charge in [-0.2, -0.15) is 4.98 Å². The van der Waals surface area contributed by atoms with E-state index in [4.69, 9.17) is 20.9 Å². The molecule has 2 aromatic carbocycles. The Morgan fingerprint density at radius 3 is 2.72 bits per heavy atom. The molecule has 2 heterocycles. The van der Waals surface area contributed by atoms with E-state index in [2.05, 4.69) is 20.4 Å². The third kappa shape index (κ3) is 5.91. The van der Waals surface area contributed by atoms with Gasteiger partial charge in [0.1, 0.15) is 5.82 Å². The smallest absolute Gasteiger partial charge is 0.227 e. The van der Waals surface area contributed by atoms with Gasteiger partial charge in [0.25, 0.3) is 0 Å². The molecule has 0 aliphatic carbocycles. The van der Waals surface area contributed by atoms with Crippen LogP contribution in [0.25, 0.3) is 11.4 Å². The van der Waals surface area contributed by atoms with Crippen molar-refractivity contribution in [1.29, 1.82) is 0 Å². The summed E-state index contributed by atoms with van der Waals surface area (Å²) >= 11 is 5.90. The minimum Gasteiger partial charge on any atom is -0.379 e. The van der Waals surface area contributed by atoms with E-state index >= 15 is 0 Å². The van der Waals surface area contributed by atoms with Gasteiger partial charge in [0, 0.05) is 43.1 Å². The molecule has 32 heavy (non-hydrogen) atoms. The highest BCUT2D eigenvalue weighted by atomic mass is 35.5. The predicted molar refractivity (Wildman–Crippen MR) is 118 cm³/mol. The summed E-state index contributed by atoms with van der Waals surface area (Å²) in [7, 11) is 0. The summed E-state index contributed by atoms with van der Waals surface area (Å²) in [4.78, 5) is 19.0. The van der Waals surface area contributed by atoms with Crippen LogP contribution < -0.4 is 5.32 Å². The number of amides is 1. The van der Waals surface area contributed by atoms with Gasteiger partial charge >= 0.3 is 0 Å². The minimum absolute atomic E-state index is 0.126. The van der Waals surface area contributed by atoms with Crippen molar-refractivity contribution in [3.05, 3.63) is 70.8 Å². The molecule has 0 spiro atoms. The monoisotopic (exact) mass is 458 g/mol. The third-order valence-corrected chi connectivity index (χ3v) is 5.60. The van der Waals surface area contributed by atoms with E-state index in [-0.39, 0.29) is 24.2 Å². The summed E-state index contributed by atoms with van der Waals surface area (Å²) in [5.41, 5.74) is 1.62. The van der Waals surface area contributed by atoms with Crippen LogP contribution in [-0.2, 0) is 16.0 Å². The number of benzene rings is 2. The SMILES string of the molecule is O=C(CCc1nc(-c2ccc(Cl)cc2)no1)NCC(c1cccc(F)c1)N1CCOCC1. The number of ether oxygens (including phenoxy) is 1. The number of hydrogen-bond donors (Lipinski definition) is 1. The van der Waals surface area contributed by atoms with E-state index in [9.17, 15) is 9.18 Å². The van der Waals surface area contributed by atoms with Gasteiger partial charge in [-0.05, 0) is 42.0 Å². The molecular weight excluding hydrogens is 435 g/mol. The summed E-state index contributed by atoms with van der Waals surface area (Å²) < 4.78 is 24.5. The number of rotatable bonds is 8. The lowest BCUT2D eigenvalue weighted by Crippen LogP contribution is -2.43. The molecule has 1 aromatic heterocycles. The Morgan fingerprint density at radius 2 is 1.97 bits per heavy atom. The van der Waals surface area contributed by atoms with Crippen LogP contribution in [0.15, 0.2) is 53.1 Å². The number of carbonyl (C=O) groups is 1. The van der Waals surface area contributed by atoms with Crippen LogP contribution in [0.4, 0.5) is 4.39 Å². The molecule has 7 nitrogen and oxygen atoms in total. The molecule has 1 aliphatic heterocycles. The number of aromatic nitrogens is 2. The van der Waals surface area contributed by atoms with Crippen molar-refractivity contribution < 1.29 is 18.4 Å². The van der Waals surface area contributed by atoms with Crippen LogP contribution in [0, 0.1) is 5.82 Å². The summed E-state index contributed by atoms with van der Waals surface area (Å²) in [6.45, 7) is 3.07. The van der Waals surface area contributed by atoms with Gasteiger partial charge in [-0.1, -0.05) is 28.9 Å². The number of hydrogen-bond acceptors (Lipinski definition) is 6. The van der Waals surface area contributed by atoms with Crippen molar-refractivity contribution in [1.82, 2.24) is 20.4 Å². The lowest BCUT2D eigenvalue weighted by molar-refractivity contribution is -0.121. The van der Waals surface area contributed by atoms with E-state index in [1.54, 1.807) is 18.2 Å². The first-order valence-electron chi connectivity index (χ1n) is 10.5. The highest BCUT2D eigenvalue weighted by Crippen LogP contribution is 2.22. The molecule has 1 amide bonds. The van der Waals surface area contributed by atoms with E-state index < -0.39 is 0 Å². The van der Waals surface area contributed by atoms with Crippen molar-refractivity contribution in [2.45, 2.75) is 18.9 Å². The number of nitrogens with zero attached hydrogens (tertiary/aromatic N) is 3. The first kappa shape index (κ1) is 22.4. The Hall–Kier alpha value is -2.81. The summed E-state index contributed by atoms with van der Waals surface area (Å²) in [6, 6.07) is 13.5. The fourth-order valence-corrected chi connectivity index (χ4v) is 3.78. The van der Waals surface area contributed by atoms with Crippen molar-refractivity contribution >= 4 is 17.5 Å². The maximum atomic E-state index is 13.8. The molecule has 1 N–H and O–H groups in total. The topological polar surface area (TPSA) is 80.5 Å². The molecule has 1 atom stereocenters. The van der Waals surface area contributed by atoms with Crippen LogP contribution in [0.2, 0.25) is 5.02 Å². The fourth-order valence-electron chi connectivity index (χ4n) is 3.65. The Kier molecular flexibility index (Phi) is 7.47. The largest absolute Gasteiger partial charge is 0.379 e. The number of morpholine rings is 1.